The smallest absolute Gasteiger partial charge is 0.251 e. The highest BCUT2D eigenvalue weighted by atomic mass is 16.5. The van der Waals surface area contributed by atoms with Crippen LogP contribution in [0.5, 0.6) is 0 Å². The highest BCUT2D eigenvalue weighted by molar-refractivity contribution is 5.94. The molecule has 1 amide bonds. The molecule has 110 valence electrons. The van der Waals surface area contributed by atoms with Crippen molar-refractivity contribution >= 4 is 11.6 Å². The highest BCUT2D eigenvalue weighted by Crippen LogP contribution is 2.40. The maximum absolute atomic E-state index is 12.2. The number of nitrogens with one attached hydrogen (secondary N) is 1. The van der Waals surface area contributed by atoms with Gasteiger partial charge in [0.25, 0.3) is 5.91 Å². The average molecular weight is 276 g/mol. The van der Waals surface area contributed by atoms with Crippen molar-refractivity contribution in [3.8, 4) is 0 Å². The zero-order valence-corrected chi connectivity index (χ0v) is 12.6. The van der Waals surface area contributed by atoms with Gasteiger partial charge >= 0.3 is 0 Å². The van der Waals surface area contributed by atoms with E-state index in [2.05, 4.69) is 5.32 Å². The van der Waals surface area contributed by atoms with Gasteiger partial charge in [0.2, 0.25) is 0 Å². The van der Waals surface area contributed by atoms with Crippen LogP contribution >= 0.6 is 0 Å². The minimum Gasteiger partial charge on any atom is -0.384 e. The number of amides is 1. The Morgan fingerprint density at radius 2 is 1.95 bits per heavy atom. The van der Waals surface area contributed by atoms with Gasteiger partial charge in [0.15, 0.2) is 0 Å². The monoisotopic (exact) mass is 276 g/mol. The van der Waals surface area contributed by atoms with E-state index in [1.807, 2.05) is 43.3 Å². The number of benzene rings is 1. The van der Waals surface area contributed by atoms with Crippen molar-refractivity contribution < 1.29 is 9.53 Å². The molecule has 1 aliphatic rings. The number of anilines is 1. The molecule has 0 unspecified atom stereocenters. The molecule has 4 nitrogen and oxygen atoms in total. The molecule has 0 aliphatic heterocycles. The molecule has 0 radical (unpaired) electrons. The molecule has 4 heteroatoms. The van der Waals surface area contributed by atoms with E-state index < -0.39 is 0 Å². The number of carbonyl (C=O) groups excluding carboxylic acids is 1. The fraction of sp³-hybridized carbons (Fsp3) is 0.562. The molecule has 0 spiro atoms. The van der Waals surface area contributed by atoms with E-state index in [1.165, 1.54) is 6.42 Å². The Labute approximate surface area is 121 Å². The zero-order chi connectivity index (χ0) is 14.6. The van der Waals surface area contributed by atoms with E-state index in [1.54, 1.807) is 7.11 Å². The van der Waals surface area contributed by atoms with Crippen molar-refractivity contribution in [1.29, 1.82) is 0 Å². The van der Waals surface area contributed by atoms with Gasteiger partial charge in [0.05, 0.1) is 6.61 Å². The summed E-state index contributed by atoms with van der Waals surface area (Å²) in [6.45, 7) is 1.43. The van der Waals surface area contributed by atoms with E-state index in [0.717, 1.165) is 25.1 Å². The Bertz CT molecular complexity index is 450. The summed E-state index contributed by atoms with van der Waals surface area (Å²) in [6, 6.07) is 7.66. The molecular weight excluding hydrogens is 252 g/mol. The lowest BCUT2D eigenvalue weighted by atomic mass is 9.69. The topological polar surface area (TPSA) is 41.6 Å². The van der Waals surface area contributed by atoms with Gasteiger partial charge in [-0.3, -0.25) is 4.79 Å². The molecule has 1 saturated carbocycles. The predicted octanol–water partition coefficient (Wildman–Crippen LogP) is 2.30. The van der Waals surface area contributed by atoms with Crippen LogP contribution in [-0.2, 0) is 4.74 Å². The Morgan fingerprint density at radius 1 is 1.30 bits per heavy atom. The first-order valence-electron chi connectivity index (χ1n) is 7.11. The van der Waals surface area contributed by atoms with Gasteiger partial charge in [-0.1, -0.05) is 6.42 Å². The second-order valence-electron chi connectivity index (χ2n) is 5.91. The van der Waals surface area contributed by atoms with E-state index in [-0.39, 0.29) is 11.3 Å². The first kappa shape index (κ1) is 14.9. The van der Waals surface area contributed by atoms with Crippen LogP contribution < -0.4 is 10.2 Å². The third-order valence-electron chi connectivity index (χ3n) is 4.13. The largest absolute Gasteiger partial charge is 0.384 e. The molecule has 1 aromatic carbocycles. The third-order valence-corrected chi connectivity index (χ3v) is 4.13. The maximum Gasteiger partial charge on any atom is 0.251 e. The second kappa shape index (κ2) is 6.27. The second-order valence-corrected chi connectivity index (χ2v) is 5.91. The molecule has 1 aromatic rings. The van der Waals surface area contributed by atoms with Crippen LogP contribution in [0.1, 0.15) is 29.6 Å². The number of ether oxygens (including phenoxy) is 1. The van der Waals surface area contributed by atoms with E-state index in [4.69, 9.17) is 4.74 Å². The fourth-order valence-corrected chi connectivity index (χ4v) is 2.64. The molecular formula is C16H24N2O2. The summed E-state index contributed by atoms with van der Waals surface area (Å²) in [7, 11) is 5.70. The Kier molecular flexibility index (Phi) is 4.65. The first-order valence-corrected chi connectivity index (χ1v) is 7.11. The van der Waals surface area contributed by atoms with Crippen molar-refractivity contribution in [2.24, 2.45) is 5.41 Å². The van der Waals surface area contributed by atoms with Crippen molar-refractivity contribution in [2.45, 2.75) is 19.3 Å². The predicted molar refractivity (Wildman–Crippen MR) is 81.3 cm³/mol. The molecule has 20 heavy (non-hydrogen) atoms. The van der Waals surface area contributed by atoms with Gasteiger partial charge in [0, 0.05) is 44.4 Å². The SMILES string of the molecule is COCC1(CNC(=O)c2ccc(N(C)C)cc2)CCC1. The molecule has 1 N–H and O–H groups in total. The number of rotatable bonds is 6. The quantitative estimate of drug-likeness (QED) is 0.867. The Balaban J connectivity index is 1.91. The molecule has 0 saturated heterocycles. The van der Waals surface area contributed by atoms with Crippen LogP contribution in [0.3, 0.4) is 0 Å². The fourth-order valence-electron chi connectivity index (χ4n) is 2.64. The summed E-state index contributed by atoms with van der Waals surface area (Å²) >= 11 is 0. The summed E-state index contributed by atoms with van der Waals surface area (Å²) in [4.78, 5) is 14.2. The molecule has 1 fully saturated rings. The third kappa shape index (κ3) is 3.31. The van der Waals surface area contributed by atoms with Crippen LogP contribution in [0.15, 0.2) is 24.3 Å². The Hall–Kier alpha value is -1.55. The van der Waals surface area contributed by atoms with Gasteiger partial charge in [-0.25, -0.2) is 0 Å². The lowest BCUT2D eigenvalue weighted by Crippen LogP contribution is -2.45. The first-order chi connectivity index (χ1) is 9.56. The van der Waals surface area contributed by atoms with E-state index in [0.29, 0.717) is 12.1 Å². The number of nitrogens with zero attached hydrogens (tertiary/aromatic N) is 1. The van der Waals surface area contributed by atoms with Gasteiger partial charge in [-0.15, -0.1) is 0 Å². The maximum atomic E-state index is 12.2. The van der Waals surface area contributed by atoms with Gasteiger partial charge < -0.3 is 15.0 Å². The highest BCUT2D eigenvalue weighted by Gasteiger charge is 2.37. The summed E-state index contributed by atoms with van der Waals surface area (Å²) in [5.74, 6) is -0.00214. The number of hydrogen-bond donors (Lipinski definition) is 1. The summed E-state index contributed by atoms with van der Waals surface area (Å²) in [6.07, 6.45) is 3.51. The van der Waals surface area contributed by atoms with Crippen molar-refractivity contribution in [1.82, 2.24) is 5.32 Å². The molecule has 2 rings (SSSR count). The van der Waals surface area contributed by atoms with Gasteiger partial charge in [-0.05, 0) is 37.1 Å². The van der Waals surface area contributed by atoms with Crippen molar-refractivity contribution in [3.05, 3.63) is 29.8 Å². The van der Waals surface area contributed by atoms with Gasteiger partial charge in [0.1, 0.15) is 0 Å². The average Bonchev–Trinajstić information content (AvgIpc) is 2.41. The molecule has 0 bridgehead atoms. The summed E-state index contributed by atoms with van der Waals surface area (Å²) in [5, 5.41) is 3.04. The van der Waals surface area contributed by atoms with Crippen LogP contribution in [0.2, 0.25) is 0 Å². The van der Waals surface area contributed by atoms with Crippen molar-refractivity contribution in [2.75, 3.05) is 39.3 Å². The van der Waals surface area contributed by atoms with Crippen LogP contribution in [0.25, 0.3) is 0 Å². The van der Waals surface area contributed by atoms with E-state index >= 15 is 0 Å². The molecule has 0 aromatic heterocycles. The minimum absolute atomic E-state index is 0.00214. The van der Waals surface area contributed by atoms with Gasteiger partial charge in [-0.2, -0.15) is 0 Å². The lowest BCUT2D eigenvalue weighted by Gasteiger charge is -2.41. The standard InChI is InChI=1S/C16H24N2O2/c1-18(2)14-7-5-13(6-8-14)15(19)17-11-16(12-20-3)9-4-10-16/h5-8H,4,9-12H2,1-3H3,(H,17,19). The Morgan fingerprint density at radius 3 is 2.40 bits per heavy atom. The van der Waals surface area contributed by atoms with Crippen LogP contribution in [-0.4, -0.2) is 40.3 Å². The zero-order valence-electron chi connectivity index (χ0n) is 12.6. The van der Waals surface area contributed by atoms with Crippen molar-refractivity contribution in [3.63, 3.8) is 0 Å². The number of carbonyl (C=O) groups is 1. The molecule has 0 heterocycles. The number of methoxy groups -OCH3 is 1. The number of hydrogen-bond acceptors (Lipinski definition) is 3. The summed E-state index contributed by atoms with van der Waals surface area (Å²) in [5.41, 5.74) is 1.97. The summed E-state index contributed by atoms with van der Waals surface area (Å²) < 4.78 is 5.27. The van der Waals surface area contributed by atoms with Crippen LogP contribution in [0, 0.1) is 5.41 Å². The normalized spacial score (nSPS) is 16.4. The minimum atomic E-state index is -0.00214. The molecule has 1 aliphatic carbocycles. The lowest BCUT2D eigenvalue weighted by molar-refractivity contribution is 0.0180. The van der Waals surface area contributed by atoms with Crippen LogP contribution in [0.4, 0.5) is 5.69 Å². The molecule has 0 atom stereocenters. The van der Waals surface area contributed by atoms with E-state index in [9.17, 15) is 4.79 Å².